The molecule has 1 amide bonds. The molecule has 0 aliphatic carbocycles. The first-order valence-electron chi connectivity index (χ1n) is 8.75. The third kappa shape index (κ3) is 4.44. The van der Waals surface area contributed by atoms with Gasteiger partial charge in [0.1, 0.15) is 5.69 Å². The third-order valence-electron chi connectivity index (χ3n) is 4.85. The number of hydrogen-bond acceptors (Lipinski definition) is 4. The van der Waals surface area contributed by atoms with Crippen LogP contribution in [0.1, 0.15) is 34.6 Å². The molecule has 1 aliphatic heterocycles. The molecule has 0 radical (unpaired) electrons. The van der Waals surface area contributed by atoms with Crippen LogP contribution in [0.4, 0.5) is 0 Å². The quantitative estimate of drug-likeness (QED) is 0.873. The first-order valence-corrected chi connectivity index (χ1v) is 8.75. The van der Waals surface area contributed by atoms with Crippen LogP contribution in [0.25, 0.3) is 0 Å². The van der Waals surface area contributed by atoms with Crippen LogP contribution in [0, 0.1) is 5.92 Å². The minimum absolute atomic E-state index is 0.105. The van der Waals surface area contributed by atoms with Crippen LogP contribution in [0.3, 0.4) is 0 Å². The number of pyridine rings is 1. The lowest BCUT2D eigenvalue weighted by atomic mass is 9.88. The third-order valence-corrected chi connectivity index (χ3v) is 4.85. The van der Waals surface area contributed by atoms with Gasteiger partial charge in [-0.2, -0.15) is 0 Å². The molecule has 1 atom stereocenters. The largest absolute Gasteiger partial charge is 0.392 e. The minimum atomic E-state index is -0.379. The Morgan fingerprint density at radius 2 is 1.84 bits per heavy atom. The molecule has 132 valence electrons. The molecule has 25 heavy (non-hydrogen) atoms. The van der Waals surface area contributed by atoms with Gasteiger partial charge in [-0.15, -0.1) is 0 Å². The highest BCUT2D eigenvalue weighted by Gasteiger charge is 2.28. The van der Waals surface area contributed by atoms with E-state index in [1.807, 2.05) is 30.3 Å². The Morgan fingerprint density at radius 3 is 2.52 bits per heavy atom. The molecule has 1 aromatic carbocycles. The van der Waals surface area contributed by atoms with Crippen molar-refractivity contribution in [1.82, 2.24) is 9.88 Å². The first kappa shape index (κ1) is 17.6. The van der Waals surface area contributed by atoms with Crippen LogP contribution in [-0.4, -0.2) is 45.2 Å². The van der Waals surface area contributed by atoms with Gasteiger partial charge < -0.3 is 15.1 Å². The van der Waals surface area contributed by atoms with E-state index in [-0.39, 0.29) is 24.5 Å². The van der Waals surface area contributed by atoms with Crippen molar-refractivity contribution in [2.75, 3.05) is 13.1 Å². The van der Waals surface area contributed by atoms with Gasteiger partial charge in [0.2, 0.25) is 0 Å². The Bertz CT molecular complexity index is 697. The number of hydrogen-bond donors (Lipinski definition) is 2. The summed E-state index contributed by atoms with van der Waals surface area (Å²) in [5.41, 5.74) is 2.01. The summed E-state index contributed by atoms with van der Waals surface area (Å²) >= 11 is 0. The van der Waals surface area contributed by atoms with E-state index in [9.17, 15) is 9.90 Å². The van der Waals surface area contributed by atoms with E-state index in [0.717, 1.165) is 18.4 Å². The SMILES string of the molecule is O=C(c1cccc(CO)n1)N1CCC([C@H](O)Cc2ccccc2)CC1. The molecule has 2 heterocycles. The van der Waals surface area contributed by atoms with Gasteiger partial charge in [-0.05, 0) is 42.9 Å². The van der Waals surface area contributed by atoms with Crippen molar-refractivity contribution in [2.24, 2.45) is 5.92 Å². The van der Waals surface area contributed by atoms with Gasteiger partial charge in [0.15, 0.2) is 0 Å². The van der Waals surface area contributed by atoms with Crippen molar-refractivity contribution >= 4 is 5.91 Å². The minimum Gasteiger partial charge on any atom is -0.392 e. The summed E-state index contributed by atoms with van der Waals surface area (Å²) in [6.07, 6.45) is 1.86. The zero-order valence-electron chi connectivity index (χ0n) is 14.2. The molecule has 1 fully saturated rings. The highest BCUT2D eigenvalue weighted by atomic mass is 16.3. The molecule has 0 unspecified atom stereocenters. The van der Waals surface area contributed by atoms with Crippen LogP contribution in [0.15, 0.2) is 48.5 Å². The number of amides is 1. The lowest BCUT2D eigenvalue weighted by Crippen LogP contribution is -2.42. The van der Waals surface area contributed by atoms with Crippen molar-refractivity contribution in [3.63, 3.8) is 0 Å². The van der Waals surface area contributed by atoms with Gasteiger partial charge in [0.05, 0.1) is 18.4 Å². The number of carbonyl (C=O) groups is 1. The molecule has 0 bridgehead atoms. The maximum absolute atomic E-state index is 12.6. The molecule has 5 heteroatoms. The Hall–Kier alpha value is -2.24. The number of rotatable bonds is 5. The first-order chi connectivity index (χ1) is 12.2. The molecule has 2 N–H and O–H groups in total. The molecular weight excluding hydrogens is 316 g/mol. The predicted octanol–water partition coefficient (Wildman–Crippen LogP) is 2.03. The van der Waals surface area contributed by atoms with Crippen LogP contribution < -0.4 is 0 Å². The van der Waals surface area contributed by atoms with Crippen LogP contribution in [0.2, 0.25) is 0 Å². The monoisotopic (exact) mass is 340 g/mol. The van der Waals surface area contributed by atoms with Gasteiger partial charge in [-0.3, -0.25) is 4.79 Å². The lowest BCUT2D eigenvalue weighted by Gasteiger charge is -2.34. The van der Waals surface area contributed by atoms with Gasteiger partial charge >= 0.3 is 0 Å². The molecule has 0 spiro atoms. The van der Waals surface area contributed by atoms with Gasteiger partial charge in [0.25, 0.3) is 5.91 Å². The number of aliphatic hydroxyl groups excluding tert-OH is 2. The summed E-state index contributed by atoms with van der Waals surface area (Å²) in [4.78, 5) is 18.5. The predicted molar refractivity (Wildman–Crippen MR) is 94.9 cm³/mol. The number of likely N-dealkylation sites (tertiary alicyclic amines) is 1. The molecule has 2 aromatic rings. The Kier molecular flexibility index (Phi) is 5.79. The maximum Gasteiger partial charge on any atom is 0.272 e. The topological polar surface area (TPSA) is 73.7 Å². The van der Waals surface area contributed by atoms with Crippen LogP contribution >= 0.6 is 0 Å². The van der Waals surface area contributed by atoms with E-state index in [4.69, 9.17) is 5.11 Å². The number of aromatic nitrogens is 1. The van der Waals surface area contributed by atoms with Crippen molar-refractivity contribution in [3.8, 4) is 0 Å². The molecule has 5 nitrogen and oxygen atoms in total. The van der Waals surface area contributed by atoms with Crippen LogP contribution in [0.5, 0.6) is 0 Å². The summed E-state index contributed by atoms with van der Waals surface area (Å²) in [5.74, 6) is 0.104. The lowest BCUT2D eigenvalue weighted by molar-refractivity contribution is 0.0463. The normalized spacial score (nSPS) is 16.6. The number of piperidine rings is 1. The summed E-state index contributed by atoms with van der Waals surface area (Å²) in [6, 6.07) is 15.1. The van der Waals surface area contributed by atoms with Gasteiger partial charge in [-0.1, -0.05) is 36.4 Å². The highest BCUT2D eigenvalue weighted by Crippen LogP contribution is 2.24. The molecular formula is C20H24N2O3. The number of nitrogens with zero attached hydrogens (tertiary/aromatic N) is 2. The smallest absolute Gasteiger partial charge is 0.272 e. The Balaban J connectivity index is 1.55. The molecule has 1 saturated heterocycles. The second kappa shape index (κ2) is 8.23. The van der Waals surface area contributed by atoms with E-state index in [1.165, 1.54) is 0 Å². The van der Waals surface area contributed by atoms with E-state index >= 15 is 0 Å². The molecule has 1 aliphatic rings. The fourth-order valence-electron chi connectivity index (χ4n) is 3.36. The van der Waals surface area contributed by atoms with E-state index in [0.29, 0.717) is 30.9 Å². The average Bonchev–Trinajstić information content (AvgIpc) is 2.68. The van der Waals surface area contributed by atoms with Gasteiger partial charge in [0, 0.05) is 13.1 Å². The zero-order valence-corrected chi connectivity index (χ0v) is 14.2. The maximum atomic E-state index is 12.6. The van der Waals surface area contributed by atoms with Crippen molar-refractivity contribution in [2.45, 2.75) is 32.0 Å². The number of carbonyl (C=O) groups excluding carboxylic acids is 1. The highest BCUT2D eigenvalue weighted by molar-refractivity contribution is 5.92. The second-order valence-corrected chi connectivity index (χ2v) is 6.56. The Labute approximate surface area is 147 Å². The van der Waals surface area contributed by atoms with Crippen molar-refractivity contribution < 1.29 is 15.0 Å². The summed E-state index contributed by atoms with van der Waals surface area (Å²) < 4.78 is 0. The molecule has 3 rings (SSSR count). The fraction of sp³-hybridized carbons (Fsp3) is 0.400. The summed E-state index contributed by atoms with van der Waals surface area (Å²) in [7, 11) is 0. The van der Waals surface area contributed by atoms with Crippen molar-refractivity contribution in [1.29, 1.82) is 0 Å². The van der Waals surface area contributed by atoms with Gasteiger partial charge in [-0.25, -0.2) is 4.98 Å². The zero-order chi connectivity index (χ0) is 17.6. The number of benzene rings is 1. The number of aliphatic hydroxyl groups is 2. The van der Waals surface area contributed by atoms with E-state index in [2.05, 4.69) is 4.98 Å². The van der Waals surface area contributed by atoms with Crippen LogP contribution in [-0.2, 0) is 13.0 Å². The molecule has 0 saturated carbocycles. The molecule has 1 aromatic heterocycles. The summed E-state index contributed by atoms with van der Waals surface area (Å²) in [5, 5.41) is 19.6. The van der Waals surface area contributed by atoms with E-state index in [1.54, 1.807) is 23.1 Å². The van der Waals surface area contributed by atoms with E-state index < -0.39 is 0 Å². The Morgan fingerprint density at radius 1 is 1.12 bits per heavy atom. The second-order valence-electron chi connectivity index (χ2n) is 6.56. The standard InChI is InChI=1S/C20H24N2O3/c23-14-17-7-4-8-18(21-17)20(25)22-11-9-16(10-12-22)19(24)13-15-5-2-1-3-6-15/h1-8,16,19,23-24H,9-14H2/t19-/m1/s1. The van der Waals surface area contributed by atoms with Crippen molar-refractivity contribution in [3.05, 3.63) is 65.5 Å². The fourth-order valence-corrected chi connectivity index (χ4v) is 3.36. The average molecular weight is 340 g/mol. The summed E-state index contributed by atoms with van der Waals surface area (Å²) in [6.45, 7) is 1.08.